The number of carbonyl (C=O) groups excluding carboxylic acids is 3. The zero-order valence-corrected chi connectivity index (χ0v) is 20.0. The summed E-state index contributed by atoms with van der Waals surface area (Å²) in [5.74, 6) is 0.362. The maximum absolute atomic E-state index is 13.0. The Kier molecular flexibility index (Phi) is 6.95. The summed E-state index contributed by atoms with van der Waals surface area (Å²) in [7, 11) is 0. The smallest absolute Gasteiger partial charge is 0.332 e. The third-order valence-corrected chi connectivity index (χ3v) is 6.68. The molecule has 1 amide bonds. The number of nitrogens with zero attached hydrogens (tertiary/aromatic N) is 1. The van der Waals surface area contributed by atoms with Gasteiger partial charge in [0.15, 0.2) is 24.2 Å². The number of esters is 1. The molecule has 2 aromatic rings. The Balaban J connectivity index is 1.41. The summed E-state index contributed by atoms with van der Waals surface area (Å²) in [6.45, 7) is 5.79. The fourth-order valence-corrected chi connectivity index (χ4v) is 4.94. The maximum atomic E-state index is 13.0. The van der Waals surface area contributed by atoms with E-state index in [2.05, 4.69) is 5.32 Å². The molecule has 1 N–H and O–H groups in total. The van der Waals surface area contributed by atoms with Crippen molar-refractivity contribution in [3.8, 4) is 11.5 Å². The average molecular weight is 469 g/mol. The van der Waals surface area contributed by atoms with Crippen LogP contribution in [-0.2, 0) is 20.9 Å². The van der Waals surface area contributed by atoms with Gasteiger partial charge in [-0.1, -0.05) is 31.4 Å². The first-order valence-electron chi connectivity index (χ1n) is 11.8. The average Bonchev–Trinajstić information content (AvgIpc) is 3.10. The summed E-state index contributed by atoms with van der Waals surface area (Å²) >= 11 is 0. The van der Waals surface area contributed by atoms with E-state index >= 15 is 0 Å². The molecule has 1 fully saturated rings. The van der Waals surface area contributed by atoms with E-state index in [1.807, 2.05) is 48.7 Å². The highest BCUT2D eigenvalue weighted by molar-refractivity contribution is 6.00. The first kappa shape index (κ1) is 23.9. The normalized spacial score (nSPS) is 18.7. The van der Waals surface area contributed by atoms with Gasteiger partial charge in [-0.2, -0.15) is 0 Å². The van der Waals surface area contributed by atoms with Crippen molar-refractivity contribution in [2.45, 2.75) is 71.1 Å². The van der Waals surface area contributed by atoms with Crippen molar-refractivity contribution in [2.75, 3.05) is 13.2 Å². The lowest BCUT2D eigenvalue weighted by Gasteiger charge is -2.35. The minimum atomic E-state index is -1.03. The first-order valence-corrected chi connectivity index (χ1v) is 11.8. The van der Waals surface area contributed by atoms with Crippen molar-refractivity contribution in [1.29, 1.82) is 0 Å². The summed E-state index contributed by atoms with van der Waals surface area (Å²) in [5.41, 5.74) is 1.18. The summed E-state index contributed by atoms with van der Waals surface area (Å²) < 4.78 is 19.3. The molecule has 4 rings (SSSR count). The van der Waals surface area contributed by atoms with Crippen LogP contribution < -0.4 is 14.8 Å². The van der Waals surface area contributed by atoms with E-state index < -0.39 is 11.5 Å². The minimum Gasteiger partial charge on any atom is -0.486 e. The van der Waals surface area contributed by atoms with Crippen LogP contribution in [0, 0.1) is 13.8 Å². The molecule has 0 spiro atoms. The lowest BCUT2D eigenvalue weighted by Crippen LogP contribution is -2.56. The molecular weight excluding hydrogens is 436 g/mol. The second kappa shape index (κ2) is 9.91. The molecule has 8 nitrogen and oxygen atoms in total. The van der Waals surface area contributed by atoms with Gasteiger partial charge in [0.1, 0.15) is 12.1 Å². The number of aromatic nitrogens is 1. The van der Waals surface area contributed by atoms with Gasteiger partial charge in [0, 0.05) is 23.9 Å². The van der Waals surface area contributed by atoms with E-state index in [0.29, 0.717) is 37.3 Å². The number of rotatable bonds is 7. The number of fused-ring (bicyclic) bond motifs is 1. The molecule has 2 aliphatic rings. The number of ether oxygens (including phenoxy) is 3. The topological polar surface area (TPSA) is 95.9 Å². The van der Waals surface area contributed by atoms with Crippen LogP contribution in [0.15, 0.2) is 30.3 Å². The molecular formula is C26H32N2O6. The standard InChI is InChI=1S/C26H32N2O6/c1-17-13-21(18(2)28(17)14-20-15-32-23-9-5-6-10-24(23)34-20)22(30)16-33-25(31)26(27-19(3)29)11-7-4-8-12-26/h5-6,9-10,13,20H,4,7-8,11-12,14-16H2,1-3H3,(H,27,29). The molecule has 0 bridgehead atoms. The van der Waals surface area contributed by atoms with Crippen molar-refractivity contribution in [3.63, 3.8) is 0 Å². The van der Waals surface area contributed by atoms with Gasteiger partial charge in [-0.15, -0.1) is 0 Å². The van der Waals surface area contributed by atoms with Crippen molar-refractivity contribution in [1.82, 2.24) is 9.88 Å². The van der Waals surface area contributed by atoms with Gasteiger partial charge in [-0.05, 0) is 44.9 Å². The van der Waals surface area contributed by atoms with E-state index in [0.717, 1.165) is 36.4 Å². The van der Waals surface area contributed by atoms with Gasteiger partial charge in [-0.3, -0.25) is 9.59 Å². The number of Topliss-reactive ketones (excluding diaryl/α,β-unsaturated/α-hetero) is 1. The van der Waals surface area contributed by atoms with E-state index in [1.54, 1.807) is 0 Å². The Labute approximate surface area is 199 Å². The second-order valence-electron chi connectivity index (χ2n) is 9.22. The molecule has 1 aromatic heterocycles. The Bertz CT molecular complexity index is 1080. The number of nitrogens with one attached hydrogen (secondary N) is 1. The molecule has 34 heavy (non-hydrogen) atoms. The van der Waals surface area contributed by atoms with Gasteiger partial charge in [0.25, 0.3) is 0 Å². The van der Waals surface area contributed by atoms with E-state index in [1.165, 1.54) is 6.92 Å². The highest BCUT2D eigenvalue weighted by Crippen LogP contribution is 2.32. The molecule has 1 unspecified atom stereocenters. The molecule has 8 heteroatoms. The maximum Gasteiger partial charge on any atom is 0.332 e. The van der Waals surface area contributed by atoms with E-state index in [4.69, 9.17) is 14.2 Å². The molecule has 0 radical (unpaired) electrons. The molecule has 1 aliphatic carbocycles. The molecule has 1 saturated carbocycles. The van der Waals surface area contributed by atoms with Crippen molar-refractivity contribution < 1.29 is 28.6 Å². The van der Waals surface area contributed by atoms with Crippen LogP contribution in [0.3, 0.4) is 0 Å². The summed E-state index contributed by atoms with van der Waals surface area (Å²) in [5, 5.41) is 2.78. The van der Waals surface area contributed by atoms with Gasteiger partial charge in [0.05, 0.1) is 6.54 Å². The SMILES string of the molecule is CC(=O)NC1(C(=O)OCC(=O)c2cc(C)n(CC3COc4ccccc4O3)c2C)CCCCC1. The monoisotopic (exact) mass is 468 g/mol. The highest BCUT2D eigenvalue weighted by Gasteiger charge is 2.42. The fourth-order valence-electron chi connectivity index (χ4n) is 4.94. The number of carbonyl (C=O) groups is 3. The zero-order valence-electron chi connectivity index (χ0n) is 20.0. The largest absolute Gasteiger partial charge is 0.486 e. The first-order chi connectivity index (χ1) is 16.3. The highest BCUT2D eigenvalue weighted by atomic mass is 16.6. The molecule has 1 aliphatic heterocycles. The van der Waals surface area contributed by atoms with Gasteiger partial charge in [-0.25, -0.2) is 4.79 Å². The molecule has 0 saturated heterocycles. The van der Waals surface area contributed by atoms with E-state index in [-0.39, 0.29) is 24.4 Å². The second-order valence-corrected chi connectivity index (χ2v) is 9.22. The predicted molar refractivity (Wildman–Crippen MR) is 125 cm³/mol. The summed E-state index contributed by atoms with van der Waals surface area (Å²) in [4.78, 5) is 37.5. The third-order valence-electron chi connectivity index (χ3n) is 6.68. The van der Waals surface area contributed by atoms with Crippen LogP contribution in [0.5, 0.6) is 11.5 Å². The number of aryl methyl sites for hydroxylation is 1. The van der Waals surface area contributed by atoms with Crippen molar-refractivity contribution in [2.24, 2.45) is 0 Å². The summed E-state index contributed by atoms with van der Waals surface area (Å²) in [6.07, 6.45) is 3.55. The van der Waals surface area contributed by atoms with Gasteiger partial charge >= 0.3 is 5.97 Å². The van der Waals surface area contributed by atoms with Crippen LogP contribution in [0.1, 0.15) is 60.8 Å². The van der Waals surface area contributed by atoms with Crippen LogP contribution in [0.4, 0.5) is 0 Å². The summed E-state index contributed by atoms with van der Waals surface area (Å²) in [6, 6.07) is 9.37. The molecule has 1 atom stereocenters. The molecule has 182 valence electrons. The lowest BCUT2D eigenvalue weighted by atomic mass is 9.81. The van der Waals surface area contributed by atoms with Gasteiger partial charge in [0.2, 0.25) is 11.7 Å². The quantitative estimate of drug-likeness (QED) is 0.494. The van der Waals surface area contributed by atoms with Gasteiger partial charge < -0.3 is 24.1 Å². The number of hydrogen-bond acceptors (Lipinski definition) is 6. The number of hydrogen-bond donors (Lipinski definition) is 1. The number of para-hydroxylation sites is 2. The zero-order chi connectivity index (χ0) is 24.3. The lowest BCUT2D eigenvalue weighted by molar-refractivity contribution is -0.154. The number of amides is 1. The predicted octanol–water partition coefficient (Wildman–Crippen LogP) is 3.51. The Hall–Kier alpha value is -3.29. The van der Waals surface area contributed by atoms with Crippen molar-refractivity contribution in [3.05, 3.63) is 47.3 Å². The van der Waals surface area contributed by atoms with Crippen LogP contribution in [-0.4, -0.2) is 47.1 Å². The van der Waals surface area contributed by atoms with Crippen LogP contribution in [0.2, 0.25) is 0 Å². The molecule has 2 heterocycles. The number of benzene rings is 1. The van der Waals surface area contributed by atoms with Crippen LogP contribution in [0.25, 0.3) is 0 Å². The Morgan fingerprint density at radius 1 is 1.12 bits per heavy atom. The molecule has 1 aromatic carbocycles. The Morgan fingerprint density at radius 2 is 1.82 bits per heavy atom. The van der Waals surface area contributed by atoms with E-state index in [9.17, 15) is 14.4 Å². The Morgan fingerprint density at radius 3 is 2.53 bits per heavy atom. The number of ketones is 1. The third kappa shape index (κ3) is 4.95. The fraction of sp³-hybridized carbons (Fsp3) is 0.500. The van der Waals surface area contributed by atoms with Crippen LogP contribution >= 0.6 is 0 Å². The minimum absolute atomic E-state index is 0.190. The van der Waals surface area contributed by atoms with Crippen molar-refractivity contribution >= 4 is 17.7 Å².